The molecule has 1 aromatic rings. The molecule has 0 heterocycles. The van der Waals surface area contributed by atoms with Crippen molar-refractivity contribution in [2.75, 3.05) is 0 Å². The van der Waals surface area contributed by atoms with E-state index in [4.69, 9.17) is 47.8 Å². The summed E-state index contributed by atoms with van der Waals surface area (Å²) in [5, 5.41) is 1.62. The minimum absolute atomic E-state index is 0.490. The largest absolute Gasteiger partial charge is 0.353 e. The molecule has 0 saturated carbocycles. The molecular weight excluding hydrogens is 294 g/mol. The summed E-state index contributed by atoms with van der Waals surface area (Å²) in [5.74, 6) is 0. The molecule has 0 aliphatic heterocycles. The van der Waals surface area contributed by atoms with Crippen LogP contribution in [0.5, 0.6) is 0 Å². The van der Waals surface area contributed by atoms with E-state index >= 15 is 0 Å². The Morgan fingerprint density at radius 3 is 1.79 bits per heavy atom. The first-order chi connectivity index (χ1) is 6.20. The molecule has 1 rings (SSSR count). The molecule has 0 unspecified atom stereocenters. The summed E-state index contributed by atoms with van der Waals surface area (Å²) < 4.78 is 25.2. The molecule has 0 aromatic heterocycles. The Bertz CT molecular complexity index is 396. The Labute approximate surface area is 101 Å². The molecule has 0 atom stereocenters. The smallest absolute Gasteiger partial charge is 0.273 e. The predicted octanol–water partition coefficient (Wildman–Crippen LogP) is 3.67. The Kier molecular flexibility index (Phi) is 6.12. The van der Waals surface area contributed by atoms with Gasteiger partial charge in [0.25, 0.3) is 0 Å². The third-order valence-corrected chi connectivity index (χ3v) is 1.86. The summed E-state index contributed by atoms with van der Waals surface area (Å²) >= 11 is 16.8. The Morgan fingerprint density at radius 2 is 1.50 bits per heavy atom. The molecule has 1 N–H and O–H groups in total. The normalized spacial score (nSPS) is 10.4. The van der Waals surface area contributed by atoms with Gasteiger partial charge in [0.05, 0.1) is 10.0 Å². The van der Waals surface area contributed by atoms with Crippen LogP contribution in [-0.4, -0.2) is 13.0 Å². The van der Waals surface area contributed by atoms with E-state index in [9.17, 15) is 0 Å². The van der Waals surface area contributed by atoms with Gasteiger partial charge in [-0.3, -0.25) is 4.55 Å². The minimum Gasteiger partial charge on any atom is -0.273 e. The molecule has 0 radical (unpaired) electrons. The van der Waals surface area contributed by atoms with E-state index in [1.54, 1.807) is 18.2 Å². The van der Waals surface area contributed by atoms with E-state index in [1.165, 1.54) is 0 Å². The van der Waals surface area contributed by atoms with E-state index < -0.39 is 9.33 Å². The van der Waals surface area contributed by atoms with E-state index in [1.807, 2.05) is 0 Å². The van der Waals surface area contributed by atoms with E-state index in [2.05, 4.69) is 10.7 Å². The van der Waals surface area contributed by atoms with Gasteiger partial charge in [-0.25, -0.2) is 0 Å². The lowest BCUT2D eigenvalue weighted by Crippen LogP contribution is -1.77. The van der Waals surface area contributed by atoms with E-state index in [-0.39, 0.29) is 0 Å². The highest BCUT2D eigenvalue weighted by Crippen LogP contribution is 2.24. The van der Waals surface area contributed by atoms with Crippen LogP contribution in [0.1, 0.15) is 0 Å². The zero-order valence-electron chi connectivity index (χ0n) is 6.42. The monoisotopic (exact) mass is 296 g/mol. The molecule has 0 fully saturated rings. The molecular formula is C6H4Cl4O3S. The molecule has 3 nitrogen and oxygen atoms in total. The third-order valence-electron chi connectivity index (χ3n) is 0.882. The fourth-order valence-electron chi connectivity index (χ4n) is 0.470. The van der Waals surface area contributed by atoms with Crippen LogP contribution in [0.2, 0.25) is 15.1 Å². The Hall–Kier alpha value is 0.290. The fraction of sp³-hybridized carbons (Fsp3) is 0. The molecule has 0 aliphatic rings. The minimum atomic E-state index is -4.19. The summed E-state index contributed by atoms with van der Waals surface area (Å²) in [6.07, 6.45) is 0. The van der Waals surface area contributed by atoms with Gasteiger partial charge in [-0.1, -0.05) is 34.8 Å². The number of hydrogen-bond donors (Lipinski definition) is 1. The van der Waals surface area contributed by atoms with Crippen LogP contribution in [-0.2, 0) is 9.33 Å². The molecule has 14 heavy (non-hydrogen) atoms. The molecule has 0 amide bonds. The average molecular weight is 298 g/mol. The van der Waals surface area contributed by atoms with Gasteiger partial charge in [-0.05, 0) is 18.2 Å². The first-order valence-corrected chi connectivity index (χ1v) is 6.38. The van der Waals surface area contributed by atoms with Crippen LogP contribution in [0.15, 0.2) is 18.2 Å². The average Bonchev–Trinajstić information content (AvgIpc) is 1.94. The molecule has 8 heteroatoms. The van der Waals surface area contributed by atoms with Gasteiger partial charge in [0, 0.05) is 15.7 Å². The van der Waals surface area contributed by atoms with Gasteiger partial charge < -0.3 is 0 Å². The van der Waals surface area contributed by atoms with Crippen molar-refractivity contribution in [2.24, 2.45) is 0 Å². The maximum atomic E-state index is 8.95. The quantitative estimate of drug-likeness (QED) is 0.451. The zero-order chi connectivity index (χ0) is 11.4. The van der Waals surface area contributed by atoms with Crippen LogP contribution >= 0.6 is 45.5 Å². The first kappa shape index (κ1) is 14.3. The van der Waals surface area contributed by atoms with Crippen molar-refractivity contribution in [3.05, 3.63) is 33.3 Å². The SMILES string of the molecule is Clc1ccc(Cl)c(Cl)c1.O=S(=O)(O)Cl. The maximum absolute atomic E-state index is 8.95. The van der Waals surface area contributed by atoms with Crippen LogP contribution < -0.4 is 0 Å². The topological polar surface area (TPSA) is 54.4 Å². The van der Waals surface area contributed by atoms with Crippen LogP contribution in [0.3, 0.4) is 0 Å². The van der Waals surface area contributed by atoms with Crippen LogP contribution in [0.25, 0.3) is 0 Å². The molecule has 1 aromatic carbocycles. The summed E-state index contributed by atoms with van der Waals surface area (Å²) in [7, 11) is -0.137. The number of hydrogen-bond acceptors (Lipinski definition) is 2. The number of benzene rings is 1. The highest BCUT2D eigenvalue weighted by atomic mass is 35.7. The van der Waals surface area contributed by atoms with Crippen molar-refractivity contribution in [3.8, 4) is 0 Å². The summed E-state index contributed by atoms with van der Waals surface area (Å²) in [6.45, 7) is 0. The molecule has 0 bridgehead atoms. The summed E-state index contributed by atoms with van der Waals surface area (Å²) in [5.41, 5.74) is 0. The highest BCUT2D eigenvalue weighted by molar-refractivity contribution is 8.09. The second-order valence-corrected chi connectivity index (χ2v) is 5.22. The van der Waals surface area contributed by atoms with Crippen molar-refractivity contribution in [1.29, 1.82) is 0 Å². The lowest BCUT2D eigenvalue weighted by molar-refractivity contribution is 0.501. The van der Waals surface area contributed by atoms with Gasteiger partial charge in [0.2, 0.25) is 0 Å². The van der Waals surface area contributed by atoms with Crippen molar-refractivity contribution in [2.45, 2.75) is 0 Å². The molecule has 0 saturated heterocycles. The molecule has 0 spiro atoms. The lowest BCUT2D eigenvalue weighted by Gasteiger charge is -1.92. The number of halogens is 4. The maximum Gasteiger partial charge on any atom is 0.353 e. The van der Waals surface area contributed by atoms with Gasteiger partial charge in [-0.2, -0.15) is 8.42 Å². The second kappa shape index (κ2) is 6.00. The first-order valence-electron chi connectivity index (χ1n) is 2.98. The fourth-order valence-corrected chi connectivity index (χ4v) is 0.997. The lowest BCUT2D eigenvalue weighted by atomic mass is 10.4. The highest BCUT2D eigenvalue weighted by Gasteiger charge is 1.94. The van der Waals surface area contributed by atoms with Gasteiger partial charge in [0.1, 0.15) is 0 Å². The second-order valence-electron chi connectivity index (χ2n) is 1.97. The standard InChI is InChI=1S/C6H3Cl3.ClHO3S/c7-4-1-2-5(8)6(9)3-4;1-5(2,3)4/h1-3H;(H,2,3,4). The van der Waals surface area contributed by atoms with Gasteiger partial charge in [0.15, 0.2) is 0 Å². The molecule has 0 aliphatic carbocycles. The van der Waals surface area contributed by atoms with E-state index in [0.29, 0.717) is 15.1 Å². The molecule has 80 valence electrons. The van der Waals surface area contributed by atoms with Crippen molar-refractivity contribution >= 4 is 54.8 Å². The Morgan fingerprint density at radius 1 is 1.07 bits per heavy atom. The van der Waals surface area contributed by atoms with E-state index in [0.717, 1.165) is 0 Å². The Balaban J connectivity index is 0.000000292. The third kappa shape index (κ3) is 8.87. The van der Waals surface area contributed by atoms with Crippen molar-refractivity contribution < 1.29 is 13.0 Å². The van der Waals surface area contributed by atoms with Crippen LogP contribution in [0.4, 0.5) is 0 Å². The number of rotatable bonds is 0. The van der Waals surface area contributed by atoms with Gasteiger partial charge in [-0.15, -0.1) is 0 Å². The van der Waals surface area contributed by atoms with Gasteiger partial charge >= 0.3 is 9.33 Å². The summed E-state index contributed by atoms with van der Waals surface area (Å²) in [4.78, 5) is 0. The predicted molar refractivity (Wildman–Crippen MR) is 58.9 cm³/mol. The zero-order valence-corrected chi connectivity index (χ0v) is 10.3. The van der Waals surface area contributed by atoms with Crippen molar-refractivity contribution in [3.63, 3.8) is 0 Å². The van der Waals surface area contributed by atoms with Crippen LogP contribution in [0, 0.1) is 0 Å². The summed E-state index contributed by atoms with van der Waals surface area (Å²) in [6, 6.07) is 4.95. The van der Waals surface area contributed by atoms with Crippen molar-refractivity contribution in [1.82, 2.24) is 0 Å².